The van der Waals surface area contributed by atoms with Gasteiger partial charge in [0.05, 0.1) is 31.8 Å². The molecule has 3 rings (SSSR count). The number of hydrogen-bond acceptors (Lipinski definition) is 7. The molecule has 0 spiro atoms. The van der Waals surface area contributed by atoms with Gasteiger partial charge in [-0.1, -0.05) is 12.1 Å². The molecule has 1 aliphatic rings. The molecule has 3 amide bonds. The van der Waals surface area contributed by atoms with Crippen molar-refractivity contribution in [3.8, 4) is 0 Å². The molecule has 1 atom stereocenters. The number of esters is 1. The van der Waals surface area contributed by atoms with Gasteiger partial charge in [-0.2, -0.15) is 0 Å². The molecule has 2 heterocycles. The average molecular weight is 459 g/mol. The fraction of sp³-hybridized carbons (Fsp3) is 0.364. The molecular formula is C22H26FN5O5. The van der Waals surface area contributed by atoms with E-state index in [4.69, 9.17) is 9.47 Å². The molecule has 176 valence electrons. The Balaban J connectivity index is 1.67. The molecule has 0 aliphatic carbocycles. The van der Waals surface area contributed by atoms with Crippen molar-refractivity contribution < 1.29 is 28.2 Å². The number of anilines is 2. The molecule has 1 aromatic heterocycles. The van der Waals surface area contributed by atoms with Gasteiger partial charge in [-0.3, -0.25) is 14.8 Å². The molecule has 0 bridgehead atoms. The summed E-state index contributed by atoms with van der Waals surface area (Å²) in [6, 6.07) is 6.66. The standard InChI is InChI=1S/C22H26FN5O5/c1-14-7-8-16(11-24-14)25-21(30)26-17-6-4-5-15(19(17)23)12-27-9-10-28(22(31)33-3)18(13-27)20(29)32-2/h4-8,11,18H,9-10,12-13H2,1-3H3,(H2,25,26,30)/t18-/m1/s1. The van der Waals surface area contributed by atoms with Crippen molar-refractivity contribution in [2.45, 2.75) is 19.5 Å². The third-order valence-electron chi connectivity index (χ3n) is 5.24. The number of methoxy groups -OCH3 is 2. The summed E-state index contributed by atoms with van der Waals surface area (Å²) in [5.41, 5.74) is 1.64. The van der Waals surface area contributed by atoms with Gasteiger partial charge in [0.1, 0.15) is 6.04 Å². The van der Waals surface area contributed by atoms with Gasteiger partial charge in [0.15, 0.2) is 5.82 Å². The number of hydrogen-bond donors (Lipinski definition) is 2. The first-order valence-corrected chi connectivity index (χ1v) is 10.2. The van der Waals surface area contributed by atoms with Crippen molar-refractivity contribution in [3.05, 3.63) is 53.6 Å². The maximum Gasteiger partial charge on any atom is 0.410 e. The van der Waals surface area contributed by atoms with Crippen LogP contribution in [0.1, 0.15) is 11.3 Å². The summed E-state index contributed by atoms with van der Waals surface area (Å²) in [7, 11) is 2.48. The zero-order chi connectivity index (χ0) is 24.0. The Morgan fingerprint density at radius 2 is 1.91 bits per heavy atom. The van der Waals surface area contributed by atoms with Gasteiger partial charge in [-0.25, -0.2) is 18.8 Å². The highest BCUT2D eigenvalue weighted by atomic mass is 19.1. The molecule has 1 aliphatic heterocycles. The van der Waals surface area contributed by atoms with Crippen molar-refractivity contribution in [3.63, 3.8) is 0 Å². The van der Waals surface area contributed by atoms with Crippen LogP contribution in [0, 0.1) is 12.7 Å². The predicted octanol–water partition coefficient (Wildman–Crippen LogP) is 2.60. The van der Waals surface area contributed by atoms with E-state index in [0.29, 0.717) is 17.8 Å². The van der Waals surface area contributed by atoms with E-state index in [0.717, 1.165) is 5.69 Å². The van der Waals surface area contributed by atoms with Crippen molar-refractivity contribution in [2.24, 2.45) is 0 Å². The number of rotatable bonds is 5. The molecule has 1 saturated heterocycles. The van der Waals surface area contributed by atoms with Crippen molar-refractivity contribution >= 4 is 29.5 Å². The summed E-state index contributed by atoms with van der Waals surface area (Å²) in [4.78, 5) is 43.6. The Morgan fingerprint density at radius 3 is 2.58 bits per heavy atom. The summed E-state index contributed by atoms with van der Waals surface area (Å²) in [6.07, 6.45) is 0.880. The van der Waals surface area contributed by atoms with Crippen LogP contribution in [0.2, 0.25) is 0 Å². The lowest BCUT2D eigenvalue weighted by atomic mass is 10.1. The number of benzene rings is 1. The molecule has 2 N–H and O–H groups in total. The van der Waals surface area contributed by atoms with Crippen molar-refractivity contribution in [1.82, 2.24) is 14.8 Å². The van der Waals surface area contributed by atoms with Gasteiger partial charge in [0.2, 0.25) is 0 Å². The van der Waals surface area contributed by atoms with E-state index in [2.05, 4.69) is 15.6 Å². The zero-order valence-corrected chi connectivity index (χ0v) is 18.6. The number of amides is 3. The second kappa shape index (κ2) is 10.7. The van der Waals surface area contributed by atoms with Crippen LogP contribution in [0.15, 0.2) is 36.5 Å². The van der Waals surface area contributed by atoms with Gasteiger partial charge in [-0.15, -0.1) is 0 Å². The summed E-state index contributed by atoms with van der Waals surface area (Å²) in [5, 5.41) is 5.10. The normalized spacial score (nSPS) is 16.1. The Morgan fingerprint density at radius 1 is 1.12 bits per heavy atom. The number of aryl methyl sites for hydroxylation is 1. The molecule has 0 unspecified atom stereocenters. The Bertz CT molecular complexity index is 1020. The molecule has 10 nitrogen and oxygen atoms in total. The number of halogens is 1. The smallest absolute Gasteiger partial charge is 0.410 e. The van der Waals surface area contributed by atoms with Gasteiger partial charge < -0.3 is 20.1 Å². The molecule has 1 aromatic carbocycles. The molecule has 1 fully saturated rings. The number of ether oxygens (including phenoxy) is 2. The van der Waals surface area contributed by atoms with E-state index in [9.17, 15) is 14.4 Å². The summed E-state index contributed by atoms with van der Waals surface area (Å²) in [6.45, 7) is 2.78. The van der Waals surface area contributed by atoms with Crippen LogP contribution in [0.25, 0.3) is 0 Å². The second-order valence-electron chi connectivity index (χ2n) is 7.48. The van der Waals surface area contributed by atoms with E-state index in [1.165, 1.54) is 31.4 Å². The lowest BCUT2D eigenvalue weighted by Crippen LogP contribution is -2.58. The minimum absolute atomic E-state index is 0.0165. The van der Waals surface area contributed by atoms with E-state index in [1.807, 2.05) is 11.8 Å². The highest BCUT2D eigenvalue weighted by Gasteiger charge is 2.37. The fourth-order valence-electron chi connectivity index (χ4n) is 3.52. The lowest BCUT2D eigenvalue weighted by molar-refractivity contribution is -0.148. The average Bonchev–Trinajstić information content (AvgIpc) is 2.82. The van der Waals surface area contributed by atoms with Crippen molar-refractivity contribution in [1.29, 1.82) is 0 Å². The van der Waals surface area contributed by atoms with Gasteiger partial charge in [0.25, 0.3) is 0 Å². The van der Waals surface area contributed by atoms with Gasteiger partial charge in [-0.05, 0) is 25.1 Å². The van der Waals surface area contributed by atoms with E-state index in [-0.39, 0.29) is 25.3 Å². The number of nitrogens with zero attached hydrogens (tertiary/aromatic N) is 3. The van der Waals surface area contributed by atoms with Crippen LogP contribution in [0.3, 0.4) is 0 Å². The summed E-state index contributed by atoms with van der Waals surface area (Å²) < 4.78 is 24.6. The summed E-state index contributed by atoms with van der Waals surface area (Å²) >= 11 is 0. The topological polar surface area (TPSA) is 113 Å². The van der Waals surface area contributed by atoms with Crippen LogP contribution in [-0.4, -0.2) is 72.8 Å². The SMILES string of the molecule is COC(=O)[C@H]1CN(Cc2cccc(NC(=O)Nc3ccc(C)nc3)c2F)CCN1C(=O)OC. The number of nitrogens with one attached hydrogen (secondary N) is 2. The van der Waals surface area contributed by atoms with Crippen molar-refractivity contribution in [2.75, 3.05) is 44.5 Å². The highest BCUT2D eigenvalue weighted by Crippen LogP contribution is 2.22. The molecule has 0 saturated carbocycles. The molecule has 33 heavy (non-hydrogen) atoms. The zero-order valence-electron chi connectivity index (χ0n) is 18.6. The van der Waals surface area contributed by atoms with Gasteiger partial charge >= 0.3 is 18.1 Å². The number of piperazine rings is 1. The number of urea groups is 1. The Labute approximate surface area is 190 Å². The van der Waals surface area contributed by atoms with Crippen LogP contribution < -0.4 is 10.6 Å². The Hall–Kier alpha value is -3.73. The first-order valence-electron chi connectivity index (χ1n) is 10.2. The van der Waals surface area contributed by atoms with Gasteiger partial charge in [0, 0.05) is 37.4 Å². The lowest BCUT2D eigenvalue weighted by Gasteiger charge is -2.38. The second-order valence-corrected chi connectivity index (χ2v) is 7.48. The number of carbonyl (C=O) groups excluding carboxylic acids is 3. The van der Waals surface area contributed by atoms with E-state index in [1.54, 1.807) is 24.3 Å². The fourth-order valence-corrected chi connectivity index (χ4v) is 3.52. The molecule has 0 radical (unpaired) electrons. The monoisotopic (exact) mass is 459 g/mol. The van der Waals surface area contributed by atoms with Crippen LogP contribution in [0.5, 0.6) is 0 Å². The minimum atomic E-state index is -0.866. The summed E-state index contributed by atoms with van der Waals surface area (Å²) in [5.74, 6) is -1.16. The Kier molecular flexibility index (Phi) is 7.78. The number of carbonyl (C=O) groups is 3. The maximum atomic E-state index is 15.1. The number of pyridine rings is 1. The van der Waals surface area contributed by atoms with E-state index < -0.39 is 30.0 Å². The first-order chi connectivity index (χ1) is 15.8. The largest absolute Gasteiger partial charge is 0.467 e. The molecular weight excluding hydrogens is 433 g/mol. The molecule has 11 heteroatoms. The third kappa shape index (κ3) is 5.95. The first kappa shape index (κ1) is 23.9. The van der Waals surface area contributed by atoms with E-state index >= 15 is 4.39 Å². The predicted molar refractivity (Wildman–Crippen MR) is 118 cm³/mol. The minimum Gasteiger partial charge on any atom is -0.467 e. The van der Waals surface area contributed by atoms with Crippen LogP contribution in [0.4, 0.5) is 25.4 Å². The highest BCUT2D eigenvalue weighted by molar-refractivity contribution is 5.99. The number of aromatic nitrogens is 1. The third-order valence-corrected chi connectivity index (χ3v) is 5.24. The van der Waals surface area contributed by atoms with Crippen LogP contribution in [-0.2, 0) is 20.8 Å². The maximum absolute atomic E-state index is 15.1. The quantitative estimate of drug-likeness (QED) is 0.661. The van der Waals surface area contributed by atoms with Crippen LogP contribution >= 0.6 is 0 Å². The molecule has 2 aromatic rings.